The molecule has 3 N–H and O–H groups in total. The van der Waals surface area contributed by atoms with Gasteiger partial charge in [-0.3, -0.25) is 0 Å². The minimum absolute atomic E-state index is 0.253. The van der Waals surface area contributed by atoms with Gasteiger partial charge in [0.25, 0.3) is 0 Å². The minimum Gasteiger partial charge on any atom is -0.508 e. The molecule has 0 fully saturated rings. The van der Waals surface area contributed by atoms with Crippen LogP contribution < -0.4 is 10.7 Å². The number of amidine groups is 1. The molecule has 0 saturated carbocycles. The highest BCUT2D eigenvalue weighted by Gasteiger charge is 1.99. The summed E-state index contributed by atoms with van der Waals surface area (Å²) < 4.78 is 0. The zero-order valence-electron chi connectivity index (χ0n) is 7.70. The van der Waals surface area contributed by atoms with Gasteiger partial charge in [-0.2, -0.15) is 5.10 Å². The molecule has 1 aromatic rings. The number of hydrazone groups is 1. The summed E-state index contributed by atoms with van der Waals surface area (Å²) in [5.41, 5.74) is 3.62. The molecule has 0 amide bonds. The number of rotatable bonds is 2. The van der Waals surface area contributed by atoms with E-state index in [4.69, 9.17) is 5.11 Å². The average molecular weight is 179 g/mol. The van der Waals surface area contributed by atoms with E-state index in [-0.39, 0.29) is 5.75 Å². The van der Waals surface area contributed by atoms with Gasteiger partial charge in [-0.05, 0) is 24.3 Å². The van der Waals surface area contributed by atoms with Gasteiger partial charge in [-0.25, -0.2) is 0 Å². The molecule has 1 rings (SSSR count). The maximum absolute atomic E-state index is 9.07. The standard InChI is InChI=1S/C9H13N3O/c1-10-9(12-11-2)7-3-5-8(13)6-4-7/h3-6,11,13H,1-2H3,(H,10,12). The fraction of sp³-hybridized carbons (Fsp3) is 0.222. The summed E-state index contributed by atoms with van der Waals surface area (Å²) in [4.78, 5) is 0. The van der Waals surface area contributed by atoms with Crippen LogP contribution in [-0.4, -0.2) is 25.0 Å². The topological polar surface area (TPSA) is 56.7 Å². The summed E-state index contributed by atoms with van der Waals surface area (Å²) in [6.45, 7) is 0. The normalized spacial score (nSPS) is 11.1. The predicted molar refractivity (Wildman–Crippen MR) is 52.8 cm³/mol. The quantitative estimate of drug-likeness (QED) is 0.352. The Morgan fingerprint density at radius 1 is 1.23 bits per heavy atom. The lowest BCUT2D eigenvalue weighted by Crippen LogP contribution is -2.22. The minimum atomic E-state index is 0.253. The van der Waals surface area contributed by atoms with Crippen LogP contribution in [-0.2, 0) is 0 Å². The van der Waals surface area contributed by atoms with Gasteiger partial charge in [-0.1, -0.05) is 0 Å². The molecular weight excluding hydrogens is 166 g/mol. The van der Waals surface area contributed by atoms with Crippen LogP contribution in [0, 0.1) is 0 Å². The highest BCUT2D eigenvalue weighted by Crippen LogP contribution is 2.09. The molecule has 1 aromatic carbocycles. The van der Waals surface area contributed by atoms with E-state index in [1.165, 1.54) is 0 Å². The van der Waals surface area contributed by atoms with Crippen molar-refractivity contribution in [3.63, 3.8) is 0 Å². The summed E-state index contributed by atoms with van der Waals surface area (Å²) in [5.74, 6) is 0.992. The van der Waals surface area contributed by atoms with Crippen molar-refractivity contribution in [2.24, 2.45) is 5.10 Å². The molecule has 0 saturated heterocycles. The van der Waals surface area contributed by atoms with E-state index in [2.05, 4.69) is 15.8 Å². The average Bonchev–Trinajstić information content (AvgIpc) is 2.16. The van der Waals surface area contributed by atoms with Crippen LogP contribution in [0.15, 0.2) is 29.4 Å². The Morgan fingerprint density at radius 2 is 1.85 bits per heavy atom. The fourth-order valence-electron chi connectivity index (χ4n) is 0.996. The number of phenols is 1. The first kappa shape index (κ1) is 9.38. The van der Waals surface area contributed by atoms with E-state index < -0.39 is 0 Å². The molecule has 0 bridgehead atoms. The van der Waals surface area contributed by atoms with Crippen molar-refractivity contribution in [2.45, 2.75) is 0 Å². The highest BCUT2D eigenvalue weighted by atomic mass is 16.3. The van der Waals surface area contributed by atoms with E-state index in [1.54, 1.807) is 38.4 Å². The van der Waals surface area contributed by atoms with E-state index in [0.29, 0.717) is 0 Å². The Balaban J connectivity index is 2.92. The lowest BCUT2D eigenvalue weighted by molar-refractivity contribution is 0.475. The van der Waals surface area contributed by atoms with Crippen LogP contribution in [0.4, 0.5) is 0 Å². The molecule has 0 aliphatic rings. The zero-order chi connectivity index (χ0) is 9.68. The number of hydrogen-bond acceptors (Lipinski definition) is 3. The Labute approximate surface area is 77.3 Å². The SMILES string of the molecule is CN/N=C(\NC)c1ccc(O)cc1. The van der Waals surface area contributed by atoms with Crippen LogP contribution in [0.5, 0.6) is 5.75 Å². The first-order valence-electron chi connectivity index (χ1n) is 3.99. The van der Waals surface area contributed by atoms with Crippen molar-refractivity contribution in [1.29, 1.82) is 0 Å². The third-order valence-corrected chi connectivity index (χ3v) is 1.60. The zero-order valence-corrected chi connectivity index (χ0v) is 7.70. The summed E-state index contributed by atoms with van der Waals surface area (Å²) in [6, 6.07) is 6.83. The molecule has 4 nitrogen and oxygen atoms in total. The molecule has 13 heavy (non-hydrogen) atoms. The number of nitrogens with one attached hydrogen (secondary N) is 2. The van der Waals surface area contributed by atoms with Gasteiger partial charge < -0.3 is 15.8 Å². The van der Waals surface area contributed by atoms with Crippen molar-refractivity contribution in [3.05, 3.63) is 29.8 Å². The monoisotopic (exact) mass is 179 g/mol. The Kier molecular flexibility index (Phi) is 3.14. The van der Waals surface area contributed by atoms with Crippen LogP contribution in [0.25, 0.3) is 0 Å². The predicted octanol–water partition coefficient (Wildman–Crippen LogP) is 0.493. The Bertz CT molecular complexity index is 292. The Hall–Kier alpha value is -1.71. The van der Waals surface area contributed by atoms with Gasteiger partial charge in [0.2, 0.25) is 0 Å². The van der Waals surface area contributed by atoms with Crippen LogP contribution in [0.3, 0.4) is 0 Å². The van der Waals surface area contributed by atoms with Crippen LogP contribution >= 0.6 is 0 Å². The maximum atomic E-state index is 9.07. The molecule has 0 atom stereocenters. The van der Waals surface area contributed by atoms with Crippen LogP contribution in [0.2, 0.25) is 0 Å². The number of nitrogens with zero attached hydrogens (tertiary/aromatic N) is 1. The second-order valence-electron chi connectivity index (χ2n) is 2.48. The number of phenolic OH excluding ortho intramolecular Hbond substituents is 1. The summed E-state index contributed by atoms with van der Waals surface area (Å²) >= 11 is 0. The highest BCUT2D eigenvalue weighted by molar-refractivity contribution is 5.98. The van der Waals surface area contributed by atoms with Gasteiger partial charge in [-0.15, -0.1) is 0 Å². The van der Waals surface area contributed by atoms with E-state index >= 15 is 0 Å². The molecule has 70 valence electrons. The third-order valence-electron chi connectivity index (χ3n) is 1.60. The molecule has 0 heterocycles. The molecule has 0 aromatic heterocycles. The summed E-state index contributed by atoms with van der Waals surface area (Å²) in [7, 11) is 3.53. The van der Waals surface area contributed by atoms with Crippen molar-refractivity contribution in [1.82, 2.24) is 10.7 Å². The second kappa shape index (κ2) is 4.35. The molecule has 0 spiro atoms. The number of hydrogen-bond donors (Lipinski definition) is 3. The van der Waals surface area contributed by atoms with Crippen molar-refractivity contribution in [2.75, 3.05) is 14.1 Å². The number of aromatic hydroxyl groups is 1. The van der Waals surface area contributed by atoms with Gasteiger partial charge in [0.05, 0.1) is 0 Å². The first-order chi connectivity index (χ1) is 6.27. The summed E-state index contributed by atoms with van der Waals surface area (Å²) in [6.07, 6.45) is 0. The second-order valence-corrected chi connectivity index (χ2v) is 2.48. The maximum Gasteiger partial charge on any atom is 0.152 e. The lowest BCUT2D eigenvalue weighted by atomic mass is 10.2. The van der Waals surface area contributed by atoms with Crippen molar-refractivity contribution >= 4 is 5.84 Å². The first-order valence-corrected chi connectivity index (χ1v) is 3.99. The molecule has 0 radical (unpaired) electrons. The Morgan fingerprint density at radius 3 is 2.31 bits per heavy atom. The molecule has 0 aliphatic carbocycles. The largest absolute Gasteiger partial charge is 0.508 e. The van der Waals surface area contributed by atoms with Gasteiger partial charge in [0.15, 0.2) is 5.84 Å². The van der Waals surface area contributed by atoms with Gasteiger partial charge in [0, 0.05) is 19.7 Å². The van der Waals surface area contributed by atoms with Crippen molar-refractivity contribution in [3.8, 4) is 5.75 Å². The van der Waals surface area contributed by atoms with Crippen LogP contribution in [0.1, 0.15) is 5.56 Å². The molecule has 0 unspecified atom stereocenters. The summed E-state index contributed by atoms with van der Waals surface area (Å²) in [5, 5.41) is 16.0. The van der Waals surface area contributed by atoms with E-state index in [1.807, 2.05) is 0 Å². The smallest absolute Gasteiger partial charge is 0.152 e. The fourth-order valence-corrected chi connectivity index (χ4v) is 0.996. The van der Waals surface area contributed by atoms with Crippen molar-refractivity contribution < 1.29 is 5.11 Å². The van der Waals surface area contributed by atoms with E-state index in [9.17, 15) is 0 Å². The third kappa shape index (κ3) is 2.37. The molecular formula is C9H13N3O. The molecule has 4 heteroatoms. The van der Waals surface area contributed by atoms with E-state index in [0.717, 1.165) is 11.4 Å². The van der Waals surface area contributed by atoms with Gasteiger partial charge >= 0.3 is 0 Å². The van der Waals surface area contributed by atoms with Gasteiger partial charge in [0.1, 0.15) is 5.75 Å². The molecule has 0 aliphatic heterocycles. The number of benzene rings is 1. The lowest BCUT2D eigenvalue weighted by Gasteiger charge is -2.04.